The lowest BCUT2D eigenvalue weighted by atomic mass is 10.1. The van der Waals surface area contributed by atoms with Gasteiger partial charge in [-0.3, -0.25) is 9.59 Å². The molecule has 0 fully saturated rings. The second-order valence-electron chi connectivity index (χ2n) is 5.59. The Morgan fingerprint density at radius 1 is 1.32 bits per heavy atom. The van der Waals surface area contributed by atoms with Gasteiger partial charge in [0.1, 0.15) is 12.4 Å². The minimum Gasteiger partial charge on any atom is -0.486 e. The maximum Gasteiger partial charge on any atom is 0.273 e. The Morgan fingerprint density at radius 2 is 2.12 bits per heavy atom. The number of Topliss-reactive ketones (excluding diaryl/α,β-unsaturated/α-hetero) is 1. The third-order valence-electron chi connectivity index (χ3n) is 3.61. The smallest absolute Gasteiger partial charge is 0.273 e. The summed E-state index contributed by atoms with van der Waals surface area (Å²) in [6.45, 7) is 3.99. The van der Waals surface area contributed by atoms with Crippen LogP contribution in [-0.2, 0) is 11.3 Å². The van der Waals surface area contributed by atoms with E-state index in [0.29, 0.717) is 23.7 Å². The zero-order chi connectivity index (χ0) is 18.2. The molecule has 1 aromatic carbocycles. The number of nitrogens with zero attached hydrogens (tertiary/aromatic N) is 1. The van der Waals surface area contributed by atoms with Gasteiger partial charge in [-0.1, -0.05) is 24.2 Å². The fourth-order valence-electron chi connectivity index (χ4n) is 2.17. The number of carbonyl (C=O) groups is 2. The molecule has 0 saturated carbocycles. The van der Waals surface area contributed by atoms with Gasteiger partial charge in [0.05, 0.1) is 12.6 Å². The van der Waals surface area contributed by atoms with Crippen LogP contribution in [0.4, 0.5) is 0 Å². The van der Waals surface area contributed by atoms with Crippen molar-refractivity contribution in [3.05, 3.63) is 47.3 Å². The van der Waals surface area contributed by atoms with E-state index in [2.05, 4.69) is 10.5 Å². The first-order valence-electron chi connectivity index (χ1n) is 8.02. The molecule has 1 aromatic heterocycles. The topological polar surface area (TPSA) is 90.7 Å². The van der Waals surface area contributed by atoms with Gasteiger partial charge >= 0.3 is 0 Å². The molecule has 1 N–H and O–H groups in total. The lowest BCUT2D eigenvalue weighted by Gasteiger charge is -2.14. The maximum atomic E-state index is 12.1. The Hall–Kier alpha value is -2.67. The van der Waals surface area contributed by atoms with Crippen LogP contribution in [0.2, 0.25) is 0 Å². The third kappa shape index (κ3) is 5.42. The lowest BCUT2D eigenvalue weighted by molar-refractivity contribution is 0.0885. The molecular formula is C18H22N2O5. The first kappa shape index (κ1) is 18.7. The van der Waals surface area contributed by atoms with E-state index in [4.69, 9.17) is 14.0 Å². The zero-order valence-electron chi connectivity index (χ0n) is 14.6. The van der Waals surface area contributed by atoms with Crippen LogP contribution < -0.4 is 10.1 Å². The standard InChI is InChI=1S/C18H22N2O5/c1-4-14(10-23-3)19-18(22)17-9-16(25-20-17)11-24-15-7-5-6-13(8-15)12(2)21/h5-9,14H,4,10-11H2,1-3H3,(H,19,22). The molecule has 0 aliphatic heterocycles. The predicted molar refractivity (Wildman–Crippen MR) is 90.7 cm³/mol. The molecule has 2 aromatic rings. The summed E-state index contributed by atoms with van der Waals surface area (Å²) >= 11 is 0. The molecule has 0 bridgehead atoms. The molecule has 1 unspecified atom stereocenters. The van der Waals surface area contributed by atoms with Crippen molar-refractivity contribution in [2.45, 2.75) is 32.9 Å². The van der Waals surface area contributed by atoms with Gasteiger partial charge in [0, 0.05) is 18.7 Å². The quantitative estimate of drug-likeness (QED) is 0.702. The van der Waals surface area contributed by atoms with Gasteiger partial charge in [-0.2, -0.15) is 0 Å². The number of hydrogen-bond acceptors (Lipinski definition) is 6. The number of carbonyl (C=O) groups excluding carboxylic acids is 2. The van der Waals surface area contributed by atoms with Gasteiger partial charge in [0.25, 0.3) is 5.91 Å². The molecule has 0 radical (unpaired) electrons. The monoisotopic (exact) mass is 346 g/mol. The number of ether oxygens (including phenoxy) is 2. The molecule has 134 valence electrons. The van der Waals surface area contributed by atoms with E-state index in [1.165, 1.54) is 13.0 Å². The van der Waals surface area contributed by atoms with Crippen LogP contribution >= 0.6 is 0 Å². The summed E-state index contributed by atoms with van der Waals surface area (Å²) < 4.78 is 15.8. The molecule has 7 heteroatoms. The highest BCUT2D eigenvalue weighted by Gasteiger charge is 2.16. The van der Waals surface area contributed by atoms with Crippen molar-refractivity contribution in [1.29, 1.82) is 0 Å². The molecular weight excluding hydrogens is 324 g/mol. The van der Waals surface area contributed by atoms with Gasteiger partial charge in [-0.25, -0.2) is 0 Å². The number of aromatic nitrogens is 1. The number of benzene rings is 1. The van der Waals surface area contributed by atoms with Gasteiger partial charge < -0.3 is 19.3 Å². The molecule has 0 aliphatic carbocycles. The highest BCUT2D eigenvalue weighted by atomic mass is 16.5. The van der Waals surface area contributed by atoms with Gasteiger partial charge in [-0.15, -0.1) is 0 Å². The molecule has 1 atom stereocenters. The molecule has 0 spiro atoms. The Kier molecular flexibility index (Phi) is 6.71. The first-order chi connectivity index (χ1) is 12.0. The highest BCUT2D eigenvalue weighted by molar-refractivity contribution is 5.94. The van der Waals surface area contributed by atoms with E-state index in [-0.39, 0.29) is 30.0 Å². The number of hydrogen-bond donors (Lipinski definition) is 1. The Balaban J connectivity index is 1.94. The Morgan fingerprint density at radius 3 is 2.80 bits per heavy atom. The Bertz CT molecular complexity index is 726. The van der Waals surface area contributed by atoms with Crippen molar-refractivity contribution in [3.63, 3.8) is 0 Å². The van der Waals surface area contributed by atoms with Crippen molar-refractivity contribution in [2.24, 2.45) is 0 Å². The normalized spacial score (nSPS) is 11.8. The first-order valence-corrected chi connectivity index (χ1v) is 8.02. The van der Waals surface area contributed by atoms with E-state index in [0.717, 1.165) is 6.42 Å². The summed E-state index contributed by atoms with van der Waals surface area (Å²) in [6.07, 6.45) is 0.750. The number of ketones is 1. The number of nitrogens with one attached hydrogen (secondary N) is 1. The minimum absolute atomic E-state index is 0.0365. The molecule has 25 heavy (non-hydrogen) atoms. The summed E-state index contributed by atoms with van der Waals surface area (Å²) in [6, 6.07) is 8.31. The van der Waals surface area contributed by atoms with E-state index in [1.807, 2.05) is 6.92 Å². The summed E-state index contributed by atoms with van der Waals surface area (Å²) in [5.41, 5.74) is 0.754. The molecule has 7 nitrogen and oxygen atoms in total. The fourth-order valence-corrected chi connectivity index (χ4v) is 2.17. The van der Waals surface area contributed by atoms with Crippen LogP contribution in [0.5, 0.6) is 5.75 Å². The van der Waals surface area contributed by atoms with E-state index >= 15 is 0 Å². The molecule has 2 rings (SSSR count). The fraction of sp³-hybridized carbons (Fsp3) is 0.389. The van der Waals surface area contributed by atoms with Crippen LogP contribution in [0.15, 0.2) is 34.9 Å². The highest BCUT2D eigenvalue weighted by Crippen LogP contribution is 2.16. The van der Waals surface area contributed by atoms with Gasteiger partial charge in [0.15, 0.2) is 17.2 Å². The number of methoxy groups -OCH3 is 1. The van der Waals surface area contributed by atoms with Crippen molar-refractivity contribution < 1.29 is 23.6 Å². The Labute approximate surface area is 146 Å². The average molecular weight is 346 g/mol. The maximum absolute atomic E-state index is 12.1. The summed E-state index contributed by atoms with van der Waals surface area (Å²) in [5, 5.41) is 6.59. The van der Waals surface area contributed by atoms with E-state index < -0.39 is 0 Å². The van der Waals surface area contributed by atoms with Crippen LogP contribution in [0.3, 0.4) is 0 Å². The second-order valence-corrected chi connectivity index (χ2v) is 5.59. The molecule has 0 aliphatic rings. The SMILES string of the molecule is CCC(COC)NC(=O)c1cc(COc2cccc(C(C)=O)c2)on1. The summed E-state index contributed by atoms with van der Waals surface area (Å²) in [7, 11) is 1.58. The van der Waals surface area contributed by atoms with Gasteiger partial charge in [-0.05, 0) is 25.5 Å². The van der Waals surface area contributed by atoms with Crippen LogP contribution in [0.1, 0.15) is 46.9 Å². The molecule has 1 heterocycles. The van der Waals surface area contributed by atoms with Crippen LogP contribution in [0, 0.1) is 0 Å². The van der Waals surface area contributed by atoms with E-state index in [1.54, 1.807) is 31.4 Å². The average Bonchev–Trinajstić information content (AvgIpc) is 3.09. The summed E-state index contributed by atoms with van der Waals surface area (Å²) in [5.74, 6) is 0.600. The van der Waals surface area contributed by atoms with E-state index in [9.17, 15) is 9.59 Å². The van der Waals surface area contributed by atoms with Crippen LogP contribution in [0.25, 0.3) is 0 Å². The number of amides is 1. The largest absolute Gasteiger partial charge is 0.486 e. The second kappa shape index (κ2) is 8.98. The predicted octanol–water partition coefficient (Wildman–Crippen LogP) is 2.61. The summed E-state index contributed by atoms with van der Waals surface area (Å²) in [4.78, 5) is 23.5. The van der Waals surface area contributed by atoms with Gasteiger partial charge in [0.2, 0.25) is 0 Å². The van der Waals surface area contributed by atoms with Crippen molar-refractivity contribution >= 4 is 11.7 Å². The van der Waals surface area contributed by atoms with Crippen molar-refractivity contribution in [2.75, 3.05) is 13.7 Å². The third-order valence-corrected chi connectivity index (χ3v) is 3.61. The lowest BCUT2D eigenvalue weighted by Crippen LogP contribution is -2.37. The van der Waals surface area contributed by atoms with Crippen LogP contribution in [-0.4, -0.2) is 36.6 Å². The molecule has 1 amide bonds. The number of rotatable bonds is 9. The molecule has 0 saturated heterocycles. The van der Waals surface area contributed by atoms with Crippen molar-refractivity contribution in [3.8, 4) is 5.75 Å². The zero-order valence-corrected chi connectivity index (χ0v) is 14.6. The van der Waals surface area contributed by atoms with Crippen molar-refractivity contribution in [1.82, 2.24) is 10.5 Å². The minimum atomic E-state index is -0.322.